The van der Waals surface area contributed by atoms with Gasteiger partial charge in [-0.05, 0) is 19.4 Å². The maximum Gasteiger partial charge on any atom is 0.323 e. The number of nitrogens with one attached hydrogen (secondary N) is 1. The highest BCUT2D eigenvalue weighted by Crippen LogP contribution is 2.04. The zero-order valence-corrected chi connectivity index (χ0v) is 6.93. The van der Waals surface area contributed by atoms with E-state index in [0.717, 1.165) is 25.8 Å². The maximum absolute atomic E-state index is 11.0. The van der Waals surface area contributed by atoms with Crippen molar-refractivity contribution in [2.24, 2.45) is 0 Å². The summed E-state index contributed by atoms with van der Waals surface area (Å²) in [5.41, 5.74) is 0. The van der Waals surface area contributed by atoms with Crippen LogP contribution in [0.15, 0.2) is 0 Å². The highest BCUT2D eigenvalue weighted by Gasteiger charge is 2.25. The van der Waals surface area contributed by atoms with E-state index in [-0.39, 0.29) is 12.0 Å². The summed E-state index contributed by atoms with van der Waals surface area (Å²) in [6.07, 6.45) is 2.98. The van der Waals surface area contributed by atoms with Crippen LogP contribution in [0.25, 0.3) is 0 Å². The zero-order chi connectivity index (χ0) is 8.10. The van der Waals surface area contributed by atoms with E-state index in [4.69, 9.17) is 4.74 Å². The molecule has 0 radical (unpaired) electrons. The average Bonchev–Trinajstić information content (AvgIpc) is 1.84. The van der Waals surface area contributed by atoms with Crippen LogP contribution in [0.1, 0.15) is 26.2 Å². The molecular formula is C8H15NO2. The second-order valence-electron chi connectivity index (χ2n) is 2.82. The van der Waals surface area contributed by atoms with Crippen molar-refractivity contribution in [3.8, 4) is 0 Å². The van der Waals surface area contributed by atoms with Crippen LogP contribution in [-0.2, 0) is 9.53 Å². The Kier molecular flexibility index (Phi) is 3.36. The van der Waals surface area contributed by atoms with Crippen molar-refractivity contribution in [1.82, 2.24) is 5.32 Å². The molecule has 0 aromatic heterocycles. The second kappa shape index (κ2) is 4.34. The number of ether oxygens (including phenoxy) is 1. The van der Waals surface area contributed by atoms with Gasteiger partial charge in [-0.1, -0.05) is 13.3 Å². The van der Waals surface area contributed by atoms with E-state index in [9.17, 15) is 4.79 Å². The van der Waals surface area contributed by atoms with E-state index in [1.807, 2.05) is 0 Å². The molecule has 0 aromatic carbocycles. The van der Waals surface area contributed by atoms with Gasteiger partial charge < -0.3 is 10.1 Å². The van der Waals surface area contributed by atoms with Gasteiger partial charge in [0.1, 0.15) is 6.04 Å². The number of carbonyl (C=O) groups is 1. The van der Waals surface area contributed by atoms with Crippen LogP contribution in [0.4, 0.5) is 0 Å². The summed E-state index contributed by atoms with van der Waals surface area (Å²) in [6, 6.07) is -0.00754. The van der Waals surface area contributed by atoms with Crippen molar-refractivity contribution < 1.29 is 9.53 Å². The predicted molar refractivity (Wildman–Crippen MR) is 42.3 cm³/mol. The van der Waals surface area contributed by atoms with Crippen LogP contribution in [0.3, 0.4) is 0 Å². The van der Waals surface area contributed by atoms with Crippen LogP contribution in [0.2, 0.25) is 0 Å². The molecule has 1 saturated heterocycles. The van der Waals surface area contributed by atoms with Gasteiger partial charge in [0.15, 0.2) is 0 Å². The third-order valence-corrected chi connectivity index (χ3v) is 1.85. The van der Waals surface area contributed by atoms with Gasteiger partial charge in [0, 0.05) is 0 Å². The molecule has 3 heteroatoms. The molecule has 1 atom stereocenters. The van der Waals surface area contributed by atoms with Crippen LogP contribution in [0, 0.1) is 0 Å². The van der Waals surface area contributed by atoms with Gasteiger partial charge >= 0.3 is 5.97 Å². The summed E-state index contributed by atoms with van der Waals surface area (Å²) >= 11 is 0. The Balaban J connectivity index is 2.01. The molecule has 0 spiro atoms. The van der Waals surface area contributed by atoms with Crippen molar-refractivity contribution in [2.75, 3.05) is 13.2 Å². The van der Waals surface area contributed by atoms with Crippen LogP contribution < -0.4 is 5.32 Å². The second-order valence-corrected chi connectivity index (χ2v) is 2.82. The number of rotatable bonds is 4. The molecule has 0 saturated carbocycles. The minimum absolute atomic E-state index is 0.00754. The van der Waals surface area contributed by atoms with Crippen LogP contribution in [-0.4, -0.2) is 25.2 Å². The smallest absolute Gasteiger partial charge is 0.323 e. The van der Waals surface area contributed by atoms with Gasteiger partial charge in [-0.15, -0.1) is 0 Å². The van der Waals surface area contributed by atoms with E-state index in [1.165, 1.54) is 0 Å². The summed E-state index contributed by atoms with van der Waals surface area (Å²) in [7, 11) is 0. The molecule has 64 valence electrons. The number of esters is 1. The molecule has 11 heavy (non-hydrogen) atoms. The topological polar surface area (TPSA) is 38.3 Å². The lowest BCUT2D eigenvalue weighted by Crippen LogP contribution is -2.49. The largest absolute Gasteiger partial charge is 0.465 e. The van der Waals surface area contributed by atoms with Gasteiger partial charge in [-0.2, -0.15) is 0 Å². The van der Waals surface area contributed by atoms with Gasteiger partial charge in [-0.3, -0.25) is 4.79 Å². The van der Waals surface area contributed by atoms with Crippen molar-refractivity contribution >= 4 is 5.97 Å². The number of carbonyl (C=O) groups excluding carboxylic acids is 1. The SMILES string of the molecule is CCCCOC(=O)[C@H]1CCN1. The van der Waals surface area contributed by atoms with E-state index in [0.29, 0.717) is 6.61 Å². The number of unbranched alkanes of at least 4 members (excludes halogenated alkanes) is 1. The standard InChI is InChI=1S/C8H15NO2/c1-2-3-6-11-8(10)7-4-5-9-7/h7,9H,2-6H2,1H3/t7-/m1/s1. The summed E-state index contributed by atoms with van der Waals surface area (Å²) in [6.45, 7) is 3.61. The van der Waals surface area contributed by atoms with Crippen molar-refractivity contribution in [1.29, 1.82) is 0 Å². The van der Waals surface area contributed by atoms with Gasteiger partial charge in [0.2, 0.25) is 0 Å². The number of hydrogen-bond acceptors (Lipinski definition) is 3. The zero-order valence-electron chi connectivity index (χ0n) is 6.93. The lowest BCUT2D eigenvalue weighted by Gasteiger charge is -2.25. The Hall–Kier alpha value is -0.570. The molecule has 1 fully saturated rings. The first-order valence-corrected chi connectivity index (χ1v) is 4.24. The molecule has 1 aliphatic rings. The molecule has 1 heterocycles. The Morgan fingerprint density at radius 3 is 2.91 bits per heavy atom. The van der Waals surface area contributed by atoms with Gasteiger partial charge in [-0.25, -0.2) is 0 Å². The fraction of sp³-hybridized carbons (Fsp3) is 0.875. The maximum atomic E-state index is 11.0. The monoisotopic (exact) mass is 157 g/mol. The predicted octanol–water partition coefficient (Wildman–Crippen LogP) is 0.692. The summed E-state index contributed by atoms with van der Waals surface area (Å²) in [5.74, 6) is -0.0790. The van der Waals surface area contributed by atoms with Crippen LogP contribution >= 0.6 is 0 Å². The highest BCUT2D eigenvalue weighted by atomic mass is 16.5. The highest BCUT2D eigenvalue weighted by molar-refractivity contribution is 5.76. The quantitative estimate of drug-likeness (QED) is 0.482. The first kappa shape index (κ1) is 8.53. The summed E-state index contributed by atoms with van der Waals surface area (Å²) < 4.78 is 4.98. The third kappa shape index (κ3) is 2.50. The van der Waals surface area contributed by atoms with Gasteiger partial charge in [0.25, 0.3) is 0 Å². The molecule has 0 unspecified atom stereocenters. The van der Waals surface area contributed by atoms with E-state index in [2.05, 4.69) is 12.2 Å². The van der Waals surface area contributed by atoms with Crippen LogP contribution in [0.5, 0.6) is 0 Å². The number of hydrogen-bond donors (Lipinski definition) is 1. The third-order valence-electron chi connectivity index (χ3n) is 1.85. The normalized spacial score (nSPS) is 22.5. The van der Waals surface area contributed by atoms with E-state index >= 15 is 0 Å². The Morgan fingerprint density at radius 1 is 1.73 bits per heavy atom. The fourth-order valence-electron chi connectivity index (χ4n) is 0.908. The molecule has 1 aliphatic heterocycles. The minimum Gasteiger partial charge on any atom is -0.465 e. The lowest BCUT2D eigenvalue weighted by molar-refractivity contribution is -0.148. The molecule has 0 bridgehead atoms. The first-order valence-electron chi connectivity index (χ1n) is 4.24. The van der Waals surface area contributed by atoms with Crippen molar-refractivity contribution in [3.05, 3.63) is 0 Å². The van der Waals surface area contributed by atoms with Crippen molar-refractivity contribution in [3.63, 3.8) is 0 Å². The molecule has 3 nitrogen and oxygen atoms in total. The molecule has 1 rings (SSSR count). The first-order chi connectivity index (χ1) is 5.34. The summed E-state index contributed by atoms with van der Waals surface area (Å²) in [4.78, 5) is 11.0. The molecular weight excluding hydrogens is 142 g/mol. The average molecular weight is 157 g/mol. The molecule has 1 N–H and O–H groups in total. The molecule has 0 aromatic rings. The van der Waals surface area contributed by atoms with Crippen molar-refractivity contribution in [2.45, 2.75) is 32.2 Å². The molecule has 0 aliphatic carbocycles. The lowest BCUT2D eigenvalue weighted by atomic mass is 10.1. The van der Waals surface area contributed by atoms with E-state index in [1.54, 1.807) is 0 Å². The summed E-state index contributed by atoms with van der Waals surface area (Å²) in [5, 5.41) is 3.00. The minimum atomic E-state index is -0.0790. The van der Waals surface area contributed by atoms with E-state index < -0.39 is 0 Å². The Morgan fingerprint density at radius 2 is 2.45 bits per heavy atom. The Bertz CT molecular complexity index is 132. The van der Waals surface area contributed by atoms with Gasteiger partial charge in [0.05, 0.1) is 6.61 Å². The Labute approximate surface area is 67.1 Å². The molecule has 0 amide bonds. The fourth-order valence-corrected chi connectivity index (χ4v) is 0.908.